The minimum Gasteiger partial charge on any atom is -0.315 e. The van der Waals surface area contributed by atoms with E-state index < -0.39 is 17.4 Å². The van der Waals surface area contributed by atoms with Crippen LogP contribution in [0.2, 0.25) is 0 Å². The van der Waals surface area contributed by atoms with Crippen LogP contribution in [-0.2, 0) is 4.79 Å². The summed E-state index contributed by atoms with van der Waals surface area (Å²) in [5.41, 5.74) is -2.12. The number of carbonyl (C=O) groups excluding carboxylic acids is 1. The summed E-state index contributed by atoms with van der Waals surface area (Å²) in [5.74, 6) is -0.794. The van der Waals surface area contributed by atoms with Gasteiger partial charge in [0.25, 0.3) is 0 Å². The number of halogens is 3. The minimum absolute atomic E-state index is 0.0950. The number of rotatable bonds is 3. The first-order valence-electron chi connectivity index (χ1n) is 7.24. The van der Waals surface area contributed by atoms with Gasteiger partial charge in [0.2, 0.25) is 0 Å². The van der Waals surface area contributed by atoms with Crippen molar-refractivity contribution in [1.82, 2.24) is 5.32 Å². The zero-order chi connectivity index (χ0) is 14.1. The predicted octanol–water partition coefficient (Wildman–Crippen LogP) is 3.31. The highest BCUT2D eigenvalue weighted by Gasteiger charge is 2.62. The maximum absolute atomic E-state index is 13.4. The topological polar surface area (TPSA) is 29.1 Å². The number of hydrogen-bond acceptors (Lipinski definition) is 2. The second kappa shape index (κ2) is 5.43. The van der Waals surface area contributed by atoms with Gasteiger partial charge in [-0.2, -0.15) is 13.2 Å². The highest BCUT2D eigenvalue weighted by Crippen LogP contribution is 2.48. The highest BCUT2D eigenvalue weighted by molar-refractivity contribution is 5.88. The molecule has 110 valence electrons. The van der Waals surface area contributed by atoms with Gasteiger partial charge in [0.05, 0.1) is 0 Å². The van der Waals surface area contributed by atoms with E-state index in [0.29, 0.717) is 6.42 Å². The number of nitrogens with one attached hydrogen (secondary N) is 1. The van der Waals surface area contributed by atoms with Crippen molar-refractivity contribution in [1.29, 1.82) is 0 Å². The molecule has 1 N–H and O–H groups in total. The van der Waals surface area contributed by atoms with Gasteiger partial charge in [-0.15, -0.1) is 0 Å². The number of carbonyl (C=O) groups is 1. The first-order valence-corrected chi connectivity index (χ1v) is 7.24. The van der Waals surface area contributed by atoms with Crippen LogP contribution in [0.5, 0.6) is 0 Å². The van der Waals surface area contributed by atoms with Gasteiger partial charge in [-0.05, 0) is 31.7 Å². The normalized spacial score (nSPS) is 36.4. The average molecular weight is 277 g/mol. The molecule has 0 aromatic rings. The molecule has 3 unspecified atom stereocenters. The molecule has 2 fully saturated rings. The number of Topliss-reactive ketones (excluding diaryl/α,β-unsaturated/α-hetero) is 1. The van der Waals surface area contributed by atoms with Crippen molar-refractivity contribution in [2.75, 3.05) is 13.1 Å². The van der Waals surface area contributed by atoms with E-state index in [9.17, 15) is 18.0 Å². The molecule has 1 aliphatic carbocycles. The van der Waals surface area contributed by atoms with Crippen LogP contribution in [0, 0.1) is 17.3 Å². The second-order valence-corrected chi connectivity index (χ2v) is 5.93. The molecular weight excluding hydrogens is 255 g/mol. The zero-order valence-electron chi connectivity index (χ0n) is 11.4. The fourth-order valence-electron chi connectivity index (χ4n) is 3.68. The van der Waals surface area contributed by atoms with E-state index in [-0.39, 0.29) is 31.3 Å². The molecule has 1 saturated carbocycles. The molecule has 5 heteroatoms. The third kappa shape index (κ3) is 2.54. The third-order valence-corrected chi connectivity index (χ3v) is 4.94. The third-order valence-electron chi connectivity index (χ3n) is 4.94. The van der Waals surface area contributed by atoms with E-state index >= 15 is 0 Å². The van der Waals surface area contributed by atoms with Crippen molar-refractivity contribution in [2.24, 2.45) is 17.3 Å². The van der Waals surface area contributed by atoms with Crippen molar-refractivity contribution >= 4 is 5.78 Å². The monoisotopic (exact) mass is 277 g/mol. The Morgan fingerprint density at radius 1 is 1.32 bits per heavy atom. The van der Waals surface area contributed by atoms with Crippen LogP contribution in [0.1, 0.15) is 45.4 Å². The minimum atomic E-state index is -4.43. The molecule has 1 saturated heterocycles. The Hall–Kier alpha value is -0.580. The molecule has 19 heavy (non-hydrogen) atoms. The van der Waals surface area contributed by atoms with Crippen LogP contribution in [0.25, 0.3) is 0 Å². The summed E-state index contributed by atoms with van der Waals surface area (Å²) in [4.78, 5) is 12.6. The summed E-state index contributed by atoms with van der Waals surface area (Å²) in [7, 11) is 0. The van der Waals surface area contributed by atoms with Gasteiger partial charge >= 0.3 is 6.18 Å². The predicted molar refractivity (Wildman–Crippen MR) is 66.7 cm³/mol. The fourth-order valence-corrected chi connectivity index (χ4v) is 3.68. The van der Waals surface area contributed by atoms with Gasteiger partial charge in [0.15, 0.2) is 5.78 Å². The van der Waals surface area contributed by atoms with Crippen molar-refractivity contribution in [3.05, 3.63) is 0 Å². The lowest BCUT2D eigenvalue weighted by Gasteiger charge is -2.37. The first kappa shape index (κ1) is 14.8. The number of ketones is 1. The van der Waals surface area contributed by atoms with Crippen molar-refractivity contribution in [2.45, 2.75) is 51.6 Å². The Kier molecular flexibility index (Phi) is 4.23. The molecule has 0 aromatic heterocycles. The smallest absolute Gasteiger partial charge is 0.315 e. The molecule has 3 atom stereocenters. The average Bonchev–Trinajstić information content (AvgIpc) is 2.88. The first-order chi connectivity index (χ1) is 8.92. The van der Waals surface area contributed by atoms with Crippen molar-refractivity contribution in [3.8, 4) is 0 Å². The van der Waals surface area contributed by atoms with Crippen molar-refractivity contribution in [3.63, 3.8) is 0 Å². The molecule has 2 nitrogen and oxygen atoms in total. The largest absolute Gasteiger partial charge is 0.402 e. The molecular formula is C14H22F3NO. The molecule has 0 spiro atoms. The van der Waals surface area contributed by atoms with E-state index in [1.807, 2.05) is 6.92 Å². The SMILES string of the molecule is CCC1CCCCC1C(=O)C1(C(F)(F)F)CCNC1. The summed E-state index contributed by atoms with van der Waals surface area (Å²) in [6, 6.07) is 0. The quantitative estimate of drug-likeness (QED) is 0.857. The van der Waals surface area contributed by atoms with Gasteiger partial charge < -0.3 is 5.32 Å². The van der Waals surface area contributed by atoms with E-state index in [1.54, 1.807) is 0 Å². The van der Waals surface area contributed by atoms with E-state index in [0.717, 1.165) is 25.7 Å². The van der Waals surface area contributed by atoms with Crippen LogP contribution in [0.4, 0.5) is 13.2 Å². The molecule has 1 heterocycles. The zero-order valence-corrected chi connectivity index (χ0v) is 11.4. The Balaban J connectivity index is 2.24. The lowest BCUT2D eigenvalue weighted by Crippen LogP contribution is -2.51. The maximum Gasteiger partial charge on any atom is 0.402 e. The molecule has 0 bridgehead atoms. The summed E-state index contributed by atoms with van der Waals surface area (Å²) >= 11 is 0. The summed E-state index contributed by atoms with van der Waals surface area (Å²) in [6.45, 7) is 2.03. The summed E-state index contributed by atoms with van der Waals surface area (Å²) in [6.07, 6.45) is -0.263. The van der Waals surface area contributed by atoms with E-state index in [1.165, 1.54) is 0 Å². The highest BCUT2D eigenvalue weighted by atomic mass is 19.4. The van der Waals surface area contributed by atoms with Crippen LogP contribution in [0.15, 0.2) is 0 Å². The van der Waals surface area contributed by atoms with Gasteiger partial charge in [-0.25, -0.2) is 0 Å². The number of hydrogen-bond donors (Lipinski definition) is 1. The van der Waals surface area contributed by atoms with E-state index in [4.69, 9.17) is 0 Å². The lowest BCUT2D eigenvalue weighted by molar-refractivity contribution is -0.218. The van der Waals surface area contributed by atoms with Crippen LogP contribution >= 0.6 is 0 Å². The van der Waals surface area contributed by atoms with E-state index in [2.05, 4.69) is 5.32 Å². The standard InChI is InChI=1S/C14H22F3NO/c1-2-10-5-3-4-6-11(10)12(19)13(14(15,16)17)7-8-18-9-13/h10-11,18H,2-9H2,1H3. The molecule has 2 aliphatic rings. The molecule has 0 radical (unpaired) electrons. The van der Waals surface area contributed by atoms with Gasteiger partial charge in [-0.3, -0.25) is 4.79 Å². The van der Waals surface area contributed by atoms with Crippen LogP contribution in [0.3, 0.4) is 0 Å². The number of alkyl halides is 3. The maximum atomic E-state index is 13.4. The summed E-state index contributed by atoms with van der Waals surface area (Å²) < 4.78 is 40.2. The fraction of sp³-hybridized carbons (Fsp3) is 0.929. The van der Waals surface area contributed by atoms with Gasteiger partial charge in [0.1, 0.15) is 5.41 Å². The lowest BCUT2D eigenvalue weighted by atomic mass is 9.67. The molecule has 0 amide bonds. The Labute approximate surface area is 112 Å². The van der Waals surface area contributed by atoms with Crippen LogP contribution < -0.4 is 5.32 Å². The van der Waals surface area contributed by atoms with Crippen LogP contribution in [-0.4, -0.2) is 25.0 Å². The molecule has 1 aliphatic heterocycles. The van der Waals surface area contributed by atoms with Gasteiger partial charge in [-0.1, -0.05) is 26.2 Å². The molecule has 2 rings (SSSR count). The van der Waals surface area contributed by atoms with Gasteiger partial charge in [0, 0.05) is 12.5 Å². The Morgan fingerprint density at radius 2 is 2.00 bits per heavy atom. The Bertz CT molecular complexity index is 334. The Morgan fingerprint density at radius 3 is 2.53 bits per heavy atom. The van der Waals surface area contributed by atoms with Crippen molar-refractivity contribution < 1.29 is 18.0 Å². The summed E-state index contributed by atoms with van der Waals surface area (Å²) in [5, 5.41) is 2.73. The molecule has 0 aromatic carbocycles. The second-order valence-electron chi connectivity index (χ2n) is 5.93.